The second-order valence-corrected chi connectivity index (χ2v) is 5.44. The summed E-state index contributed by atoms with van der Waals surface area (Å²) in [4.78, 5) is 14.6. The molecule has 1 heterocycles. The van der Waals surface area contributed by atoms with Crippen LogP contribution in [0.2, 0.25) is 0 Å². The maximum absolute atomic E-state index is 10.2. The molecule has 0 aliphatic carbocycles. The van der Waals surface area contributed by atoms with Crippen molar-refractivity contribution in [1.82, 2.24) is 10.3 Å². The lowest BCUT2D eigenvalue weighted by molar-refractivity contribution is -0.109. The van der Waals surface area contributed by atoms with Gasteiger partial charge in [0.1, 0.15) is 5.82 Å². The van der Waals surface area contributed by atoms with Crippen LogP contribution >= 0.6 is 15.9 Å². The van der Waals surface area contributed by atoms with Crippen molar-refractivity contribution >= 4 is 44.6 Å². The molecule has 0 saturated carbocycles. The van der Waals surface area contributed by atoms with Gasteiger partial charge in [-0.25, -0.2) is 4.98 Å². The SMILES string of the molecule is Cc1cc(N)c2c(Br)cnc(NCCCNC=O)c2c1. The number of benzene rings is 1. The second kappa shape index (κ2) is 6.56. The van der Waals surface area contributed by atoms with Crippen LogP contribution in [0, 0.1) is 6.92 Å². The third-order valence-corrected chi connectivity index (χ3v) is 3.59. The number of nitrogens with zero attached hydrogens (tertiary/aromatic N) is 1. The van der Waals surface area contributed by atoms with E-state index in [2.05, 4.69) is 37.6 Å². The Morgan fingerprint density at radius 2 is 2.20 bits per heavy atom. The number of halogens is 1. The van der Waals surface area contributed by atoms with Gasteiger partial charge in [-0.1, -0.05) is 0 Å². The van der Waals surface area contributed by atoms with Gasteiger partial charge in [0.25, 0.3) is 0 Å². The first-order chi connectivity index (χ1) is 9.63. The number of nitrogen functional groups attached to an aromatic ring is 1. The average Bonchev–Trinajstić information content (AvgIpc) is 2.40. The largest absolute Gasteiger partial charge is 0.398 e. The Kier molecular flexibility index (Phi) is 4.79. The first kappa shape index (κ1) is 14.6. The number of anilines is 2. The summed E-state index contributed by atoms with van der Waals surface area (Å²) in [6, 6.07) is 4.01. The molecule has 6 heteroatoms. The second-order valence-electron chi connectivity index (χ2n) is 4.58. The van der Waals surface area contributed by atoms with Gasteiger partial charge in [-0.15, -0.1) is 0 Å². The molecule has 0 unspecified atom stereocenters. The number of pyridine rings is 1. The van der Waals surface area contributed by atoms with Gasteiger partial charge in [0.15, 0.2) is 0 Å². The van der Waals surface area contributed by atoms with E-state index in [0.717, 1.165) is 45.3 Å². The molecule has 106 valence electrons. The molecule has 0 fully saturated rings. The number of hydrogen-bond donors (Lipinski definition) is 3. The van der Waals surface area contributed by atoms with Crippen LogP contribution in [0.4, 0.5) is 11.5 Å². The number of fused-ring (bicyclic) bond motifs is 1. The Labute approximate surface area is 126 Å². The zero-order valence-electron chi connectivity index (χ0n) is 11.2. The number of aryl methyl sites for hydroxylation is 1. The molecule has 0 saturated heterocycles. The molecule has 0 bridgehead atoms. The molecule has 5 nitrogen and oxygen atoms in total. The maximum Gasteiger partial charge on any atom is 0.207 e. The monoisotopic (exact) mass is 336 g/mol. The van der Waals surface area contributed by atoms with Crippen molar-refractivity contribution in [2.45, 2.75) is 13.3 Å². The van der Waals surface area contributed by atoms with Crippen molar-refractivity contribution < 1.29 is 4.79 Å². The van der Waals surface area contributed by atoms with Crippen molar-refractivity contribution in [1.29, 1.82) is 0 Å². The third kappa shape index (κ3) is 3.19. The van der Waals surface area contributed by atoms with Crippen molar-refractivity contribution in [2.75, 3.05) is 24.1 Å². The molecule has 0 atom stereocenters. The standard InChI is InChI=1S/C14H17BrN4O/c1-9-5-10-13(12(16)6-9)11(15)7-19-14(10)18-4-2-3-17-8-20/h5-8H,2-4,16H2,1H3,(H,17,20)(H,18,19). The molecule has 1 aromatic heterocycles. The summed E-state index contributed by atoms with van der Waals surface area (Å²) in [6.45, 7) is 3.39. The first-order valence-corrected chi connectivity index (χ1v) is 7.18. The molecular formula is C14H17BrN4O. The third-order valence-electron chi connectivity index (χ3n) is 2.99. The van der Waals surface area contributed by atoms with Crippen molar-refractivity contribution in [3.8, 4) is 0 Å². The fourth-order valence-electron chi connectivity index (χ4n) is 2.12. The van der Waals surface area contributed by atoms with Crippen molar-refractivity contribution in [3.63, 3.8) is 0 Å². The number of aromatic nitrogens is 1. The number of nitrogens with two attached hydrogens (primary N) is 1. The molecule has 20 heavy (non-hydrogen) atoms. The van der Waals surface area contributed by atoms with Gasteiger partial charge in [0.2, 0.25) is 6.41 Å². The predicted octanol–water partition coefficient (Wildman–Crippen LogP) is 2.44. The van der Waals surface area contributed by atoms with Gasteiger partial charge < -0.3 is 16.4 Å². The lowest BCUT2D eigenvalue weighted by Gasteiger charge is -2.12. The summed E-state index contributed by atoms with van der Waals surface area (Å²) in [6.07, 6.45) is 3.29. The Morgan fingerprint density at radius 1 is 1.40 bits per heavy atom. The molecule has 0 aliphatic heterocycles. The number of rotatable bonds is 6. The van der Waals surface area contributed by atoms with E-state index in [1.54, 1.807) is 6.20 Å². The first-order valence-electron chi connectivity index (χ1n) is 6.38. The van der Waals surface area contributed by atoms with E-state index in [4.69, 9.17) is 5.73 Å². The number of carbonyl (C=O) groups excluding carboxylic acids is 1. The van der Waals surface area contributed by atoms with Gasteiger partial charge >= 0.3 is 0 Å². The highest BCUT2D eigenvalue weighted by atomic mass is 79.9. The fraction of sp³-hybridized carbons (Fsp3) is 0.286. The topological polar surface area (TPSA) is 80.0 Å². The highest BCUT2D eigenvalue weighted by Gasteiger charge is 2.09. The summed E-state index contributed by atoms with van der Waals surface area (Å²) >= 11 is 3.49. The van der Waals surface area contributed by atoms with Crippen molar-refractivity contribution in [2.24, 2.45) is 0 Å². The zero-order valence-corrected chi connectivity index (χ0v) is 12.8. The van der Waals surface area contributed by atoms with Gasteiger partial charge in [0, 0.05) is 40.2 Å². The van der Waals surface area contributed by atoms with Crippen LogP contribution in [-0.4, -0.2) is 24.5 Å². The van der Waals surface area contributed by atoms with Crippen molar-refractivity contribution in [3.05, 3.63) is 28.4 Å². The zero-order chi connectivity index (χ0) is 14.5. The molecule has 0 spiro atoms. The van der Waals surface area contributed by atoms with E-state index in [0.29, 0.717) is 13.0 Å². The summed E-state index contributed by atoms with van der Waals surface area (Å²) in [5.74, 6) is 0.810. The Hall–Kier alpha value is -1.82. The van der Waals surface area contributed by atoms with Crippen LogP contribution < -0.4 is 16.4 Å². The van der Waals surface area contributed by atoms with E-state index >= 15 is 0 Å². The van der Waals surface area contributed by atoms with E-state index < -0.39 is 0 Å². The molecule has 4 N–H and O–H groups in total. The number of nitrogens with one attached hydrogen (secondary N) is 2. The van der Waals surface area contributed by atoms with E-state index in [9.17, 15) is 4.79 Å². The quantitative estimate of drug-likeness (QED) is 0.430. The minimum atomic E-state index is 0.645. The average molecular weight is 337 g/mol. The van der Waals surface area contributed by atoms with Gasteiger partial charge in [0.05, 0.1) is 0 Å². The van der Waals surface area contributed by atoms with Gasteiger partial charge in [-0.2, -0.15) is 0 Å². The summed E-state index contributed by atoms with van der Waals surface area (Å²) in [5, 5.41) is 7.89. The van der Waals surface area contributed by atoms with Crippen LogP contribution in [0.5, 0.6) is 0 Å². The molecular weight excluding hydrogens is 320 g/mol. The van der Waals surface area contributed by atoms with Crippen LogP contribution in [0.3, 0.4) is 0 Å². The van der Waals surface area contributed by atoms with Crippen LogP contribution in [0.15, 0.2) is 22.8 Å². The fourth-order valence-corrected chi connectivity index (χ4v) is 2.66. The molecule has 2 aromatic rings. The normalized spacial score (nSPS) is 10.5. The van der Waals surface area contributed by atoms with E-state index in [1.165, 1.54) is 0 Å². The van der Waals surface area contributed by atoms with Crippen LogP contribution in [0.1, 0.15) is 12.0 Å². The number of hydrogen-bond acceptors (Lipinski definition) is 4. The highest BCUT2D eigenvalue weighted by molar-refractivity contribution is 9.10. The van der Waals surface area contributed by atoms with Gasteiger partial charge in [-0.05, 0) is 47.0 Å². The Balaban J connectivity index is 2.25. The van der Waals surface area contributed by atoms with Crippen LogP contribution in [-0.2, 0) is 4.79 Å². The minimum Gasteiger partial charge on any atom is -0.398 e. The summed E-state index contributed by atoms with van der Waals surface area (Å²) in [7, 11) is 0. The van der Waals surface area contributed by atoms with Gasteiger partial charge in [-0.3, -0.25) is 4.79 Å². The van der Waals surface area contributed by atoms with E-state index in [-0.39, 0.29) is 0 Å². The van der Waals surface area contributed by atoms with Crippen LogP contribution in [0.25, 0.3) is 10.8 Å². The maximum atomic E-state index is 10.2. The molecule has 2 rings (SSSR count). The minimum absolute atomic E-state index is 0.645. The molecule has 1 aromatic carbocycles. The highest BCUT2D eigenvalue weighted by Crippen LogP contribution is 2.33. The Bertz CT molecular complexity index is 630. The number of carbonyl (C=O) groups is 1. The predicted molar refractivity (Wildman–Crippen MR) is 85.8 cm³/mol. The lowest BCUT2D eigenvalue weighted by atomic mass is 10.1. The summed E-state index contributed by atoms with van der Waals surface area (Å²) < 4.78 is 0.887. The number of amides is 1. The molecule has 0 aliphatic rings. The lowest BCUT2D eigenvalue weighted by Crippen LogP contribution is -2.16. The molecule has 1 amide bonds. The summed E-state index contributed by atoms with van der Waals surface area (Å²) in [5.41, 5.74) is 7.92. The molecule has 0 radical (unpaired) electrons. The smallest absolute Gasteiger partial charge is 0.207 e. The van der Waals surface area contributed by atoms with E-state index in [1.807, 2.05) is 13.0 Å². The Morgan fingerprint density at radius 3 is 2.95 bits per heavy atom.